The minimum atomic E-state index is -0.973. The summed E-state index contributed by atoms with van der Waals surface area (Å²) in [5.74, 6) is -2.72. The molecule has 114 valence electrons. The maximum absolute atomic E-state index is 13.0. The third-order valence-electron chi connectivity index (χ3n) is 2.79. The van der Waals surface area contributed by atoms with E-state index in [4.69, 9.17) is 11.6 Å². The number of halogens is 2. The summed E-state index contributed by atoms with van der Waals surface area (Å²) in [5.41, 5.74) is 1.10. The molecule has 0 spiro atoms. The van der Waals surface area contributed by atoms with E-state index in [2.05, 4.69) is 10.6 Å². The molecule has 0 atom stereocenters. The summed E-state index contributed by atoms with van der Waals surface area (Å²) in [6.45, 7) is 1.77. The predicted molar refractivity (Wildman–Crippen MR) is 81.5 cm³/mol. The molecule has 2 aromatic rings. The van der Waals surface area contributed by atoms with E-state index in [0.717, 1.165) is 11.6 Å². The van der Waals surface area contributed by atoms with Crippen molar-refractivity contribution in [1.82, 2.24) is 0 Å². The van der Waals surface area contributed by atoms with E-state index >= 15 is 0 Å². The Balaban J connectivity index is 2.05. The summed E-state index contributed by atoms with van der Waals surface area (Å²) < 4.78 is 13.0. The maximum atomic E-state index is 13.0. The van der Waals surface area contributed by atoms with Crippen molar-refractivity contribution in [3.63, 3.8) is 0 Å². The largest absolute Gasteiger partial charge is 0.506 e. The van der Waals surface area contributed by atoms with Crippen LogP contribution in [0, 0.1) is 12.7 Å². The number of benzene rings is 2. The van der Waals surface area contributed by atoms with Crippen molar-refractivity contribution < 1.29 is 19.1 Å². The van der Waals surface area contributed by atoms with Crippen molar-refractivity contribution in [2.45, 2.75) is 6.92 Å². The van der Waals surface area contributed by atoms with Gasteiger partial charge < -0.3 is 15.7 Å². The van der Waals surface area contributed by atoms with Gasteiger partial charge in [0.1, 0.15) is 11.6 Å². The highest BCUT2D eigenvalue weighted by molar-refractivity contribution is 6.44. The van der Waals surface area contributed by atoms with Crippen LogP contribution in [-0.2, 0) is 9.59 Å². The molecule has 0 bridgehead atoms. The van der Waals surface area contributed by atoms with E-state index in [-0.39, 0.29) is 22.1 Å². The molecule has 0 heterocycles. The molecule has 0 aliphatic rings. The van der Waals surface area contributed by atoms with Crippen molar-refractivity contribution in [3.05, 3.63) is 52.8 Å². The van der Waals surface area contributed by atoms with Gasteiger partial charge in [0, 0.05) is 5.69 Å². The van der Waals surface area contributed by atoms with E-state index in [1.165, 1.54) is 24.3 Å². The van der Waals surface area contributed by atoms with Crippen molar-refractivity contribution >= 4 is 34.8 Å². The Hall–Kier alpha value is -2.60. The number of amides is 2. The molecule has 7 heteroatoms. The minimum absolute atomic E-state index is 0.114. The van der Waals surface area contributed by atoms with Crippen LogP contribution in [0.1, 0.15) is 5.56 Å². The molecule has 0 saturated heterocycles. The third-order valence-corrected chi connectivity index (χ3v) is 3.07. The van der Waals surface area contributed by atoms with Gasteiger partial charge in [-0.2, -0.15) is 0 Å². The summed E-state index contributed by atoms with van der Waals surface area (Å²) in [4.78, 5) is 23.5. The topological polar surface area (TPSA) is 78.4 Å². The van der Waals surface area contributed by atoms with Crippen molar-refractivity contribution in [3.8, 4) is 5.75 Å². The van der Waals surface area contributed by atoms with Gasteiger partial charge in [0.2, 0.25) is 0 Å². The number of nitrogens with one attached hydrogen (secondary N) is 2. The Kier molecular flexibility index (Phi) is 4.62. The molecule has 3 N–H and O–H groups in total. The Morgan fingerprint density at radius 1 is 1.09 bits per heavy atom. The van der Waals surface area contributed by atoms with Gasteiger partial charge in [-0.3, -0.25) is 9.59 Å². The van der Waals surface area contributed by atoms with E-state index in [1.54, 1.807) is 13.0 Å². The van der Waals surface area contributed by atoms with Crippen molar-refractivity contribution in [2.75, 3.05) is 10.6 Å². The minimum Gasteiger partial charge on any atom is -0.506 e. The van der Waals surface area contributed by atoms with Crippen LogP contribution < -0.4 is 10.6 Å². The third kappa shape index (κ3) is 3.73. The first-order valence-electron chi connectivity index (χ1n) is 6.24. The van der Waals surface area contributed by atoms with E-state index in [9.17, 15) is 19.1 Å². The standard InChI is InChI=1S/C15H12ClFN2O3/c1-8-2-5-12(13(20)6-8)19-15(22)14(21)18-9-3-4-11(17)10(16)7-9/h2-7,20H,1H3,(H,18,21)(H,19,22). The zero-order chi connectivity index (χ0) is 16.3. The zero-order valence-electron chi connectivity index (χ0n) is 11.5. The van der Waals surface area contributed by atoms with Gasteiger partial charge in [-0.15, -0.1) is 0 Å². The molecule has 22 heavy (non-hydrogen) atoms. The molecule has 0 saturated carbocycles. The number of phenolic OH excluding ortho intramolecular Hbond substituents is 1. The number of hydrogen-bond donors (Lipinski definition) is 3. The summed E-state index contributed by atoms with van der Waals surface area (Å²) in [6, 6.07) is 8.13. The molecular weight excluding hydrogens is 311 g/mol. The van der Waals surface area contributed by atoms with Gasteiger partial charge in [0.15, 0.2) is 0 Å². The maximum Gasteiger partial charge on any atom is 0.314 e. The van der Waals surface area contributed by atoms with Crippen LogP contribution >= 0.6 is 11.6 Å². The quantitative estimate of drug-likeness (QED) is 0.587. The molecule has 2 aromatic carbocycles. The molecular formula is C15H12ClFN2O3. The van der Waals surface area contributed by atoms with Crippen LogP contribution in [0.4, 0.5) is 15.8 Å². The normalized spacial score (nSPS) is 10.1. The molecule has 0 aliphatic heterocycles. The second-order valence-electron chi connectivity index (χ2n) is 4.56. The van der Waals surface area contributed by atoms with Gasteiger partial charge >= 0.3 is 11.8 Å². The SMILES string of the molecule is Cc1ccc(NC(=O)C(=O)Nc2ccc(F)c(Cl)c2)c(O)c1. The number of aryl methyl sites for hydroxylation is 1. The number of anilines is 2. The predicted octanol–water partition coefficient (Wildman–Crippen LogP) is 3.07. The summed E-state index contributed by atoms with van der Waals surface area (Å²) >= 11 is 5.58. The number of aromatic hydroxyl groups is 1. The summed E-state index contributed by atoms with van der Waals surface area (Å²) in [5, 5.41) is 14.1. The van der Waals surface area contributed by atoms with Gasteiger partial charge in [-0.1, -0.05) is 17.7 Å². The number of carbonyl (C=O) groups is 2. The fraction of sp³-hybridized carbons (Fsp3) is 0.0667. The van der Waals surface area contributed by atoms with Crippen LogP contribution in [0.3, 0.4) is 0 Å². The average Bonchev–Trinajstić information content (AvgIpc) is 2.45. The Morgan fingerprint density at radius 2 is 1.77 bits per heavy atom. The molecule has 0 unspecified atom stereocenters. The van der Waals surface area contributed by atoms with Gasteiger partial charge in [0.25, 0.3) is 0 Å². The first kappa shape index (κ1) is 15.8. The number of phenols is 1. The first-order chi connectivity index (χ1) is 10.4. The lowest BCUT2D eigenvalue weighted by Gasteiger charge is -2.09. The van der Waals surface area contributed by atoms with Crippen LogP contribution in [0.25, 0.3) is 0 Å². The summed E-state index contributed by atoms with van der Waals surface area (Å²) in [7, 11) is 0. The molecule has 0 aliphatic carbocycles. The fourth-order valence-electron chi connectivity index (χ4n) is 1.69. The van der Waals surface area contributed by atoms with Crippen LogP contribution in [0.2, 0.25) is 5.02 Å². The van der Waals surface area contributed by atoms with E-state index < -0.39 is 17.6 Å². The average molecular weight is 323 g/mol. The number of carbonyl (C=O) groups excluding carboxylic acids is 2. The van der Waals surface area contributed by atoms with E-state index in [0.29, 0.717) is 0 Å². The molecule has 0 aromatic heterocycles. The lowest BCUT2D eigenvalue weighted by Crippen LogP contribution is -2.29. The van der Waals surface area contributed by atoms with Crippen LogP contribution in [0.15, 0.2) is 36.4 Å². The monoisotopic (exact) mass is 322 g/mol. The molecule has 5 nitrogen and oxygen atoms in total. The number of hydrogen-bond acceptors (Lipinski definition) is 3. The van der Waals surface area contributed by atoms with Gasteiger partial charge in [-0.05, 0) is 42.8 Å². The lowest BCUT2D eigenvalue weighted by atomic mass is 10.2. The first-order valence-corrected chi connectivity index (χ1v) is 6.61. The smallest absolute Gasteiger partial charge is 0.314 e. The molecule has 0 radical (unpaired) electrons. The Bertz CT molecular complexity index is 750. The molecule has 2 rings (SSSR count). The molecule has 2 amide bonds. The molecule has 0 fully saturated rings. The second-order valence-corrected chi connectivity index (χ2v) is 4.96. The highest BCUT2D eigenvalue weighted by Crippen LogP contribution is 2.24. The Labute approximate surface area is 130 Å². The fourth-order valence-corrected chi connectivity index (χ4v) is 1.87. The van der Waals surface area contributed by atoms with Crippen molar-refractivity contribution in [1.29, 1.82) is 0 Å². The Morgan fingerprint density at radius 3 is 2.41 bits per heavy atom. The van der Waals surface area contributed by atoms with Crippen LogP contribution in [-0.4, -0.2) is 16.9 Å². The zero-order valence-corrected chi connectivity index (χ0v) is 12.2. The van der Waals surface area contributed by atoms with Crippen molar-refractivity contribution in [2.24, 2.45) is 0 Å². The highest BCUT2D eigenvalue weighted by Gasteiger charge is 2.16. The number of rotatable bonds is 2. The lowest BCUT2D eigenvalue weighted by molar-refractivity contribution is -0.133. The second kappa shape index (κ2) is 6.44. The summed E-state index contributed by atoms with van der Waals surface area (Å²) in [6.07, 6.45) is 0. The van der Waals surface area contributed by atoms with Gasteiger partial charge in [-0.25, -0.2) is 4.39 Å². The highest BCUT2D eigenvalue weighted by atomic mass is 35.5. The van der Waals surface area contributed by atoms with E-state index in [1.807, 2.05) is 0 Å². The van der Waals surface area contributed by atoms with Crippen LogP contribution in [0.5, 0.6) is 5.75 Å². The van der Waals surface area contributed by atoms with Gasteiger partial charge in [0.05, 0.1) is 10.7 Å².